The van der Waals surface area contributed by atoms with Gasteiger partial charge in [0.15, 0.2) is 0 Å². The minimum atomic E-state index is -3.18. The Kier molecular flexibility index (Phi) is 4.95. The van der Waals surface area contributed by atoms with E-state index in [-0.39, 0.29) is 11.8 Å². The van der Waals surface area contributed by atoms with Crippen molar-refractivity contribution < 1.29 is 8.42 Å². The Balaban J connectivity index is 1.74. The summed E-state index contributed by atoms with van der Waals surface area (Å²) in [5.41, 5.74) is 1.04. The van der Waals surface area contributed by atoms with Crippen LogP contribution in [-0.4, -0.2) is 43.1 Å². The molecule has 0 radical (unpaired) electrons. The SMILES string of the molecule is Cn1cc(CCNS(=O)(=O)CC2CCCCN2)cn1. The lowest BCUT2D eigenvalue weighted by Crippen LogP contribution is -2.42. The van der Waals surface area contributed by atoms with Gasteiger partial charge in [-0.25, -0.2) is 13.1 Å². The van der Waals surface area contributed by atoms with Crippen molar-refractivity contribution >= 4 is 10.0 Å². The van der Waals surface area contributed by atoms with Gasteiger partial charge in [-0.1, -0.05) is 6.42 Å². The Morgan fingerprint density at radius 3 is 3.00 bits per heavy atom. The number of piperidine rings is 1. The minimum absolute atomic E-state index is 0.102. The lowest BCUT2D eigenvalue weighted by Gasteiger charge is -2.23. The van der Waals surface area contributed by atoms with Gasteiger partial charge in [0, 0.05) is 25.8 Å². The first kappa shape index (κ1) is 14.5. The maximum Gasteiger partial charge on any atom is 0.213 e. The van der Waals surface area contributed by atoms with Gasteiger partial charge in [0.25, 0.3) is 0 Å². The van der Waals surface area contributed by atoms with E-state index < -0.39 is 10.0 Å². The van der Waals surface area contributed by atoms with Gasteiger partial charge >= 0.3 is 0 Å². The summed E-state index contributed by atoms with van der Waals surface area (Å²) in [6, 6.07) is 0.102. The third-order valence-corrected chi connectivity index (χ3v) is 4.81. The van der Waals surface area contributed by atoms with E-state index in [1.54, 1.807) is 10.9 Å². The normalized spacial score (nSPS) is 20.6. The average Bonchev–Trinajstić information content (AvgIpc) is 2.75. The van der Waals surface area contributed by atoms with Gasteiger partial charge in [-0.05, 0) is 31.4 Å². The second-order valence-electron chi connectivity index (χ2n) is 5.09. The smallest absolute Gasteiger partial charge is 0.213 e. The molecule has 2 heterocycles. The van der Waals surface area contributed by atoms with Gasteiger partial charge in [-0.3, -0.25) is 4.68 Å². The Morgan fingerprint density at radius 2 is 2.37 bits per heavy atom. The molecule has 0 amide bonds. The molecule has 19 heavy (non-hydrogen) atoms. The van der Waals surface area contributed by atoms with Crippen molar-refractivity contribution in [3.63, 3.8) is 0 Å². The standard InChI is InChI=1S/C12H22N4O2S/c1-16-9-11(8-14-16)5-7-15-19(17,18)10-12-4-2-3-6-13-12/h8-9,12-13,15H,2-7,10H2,1H3. The zero-order chi connectivity index (χ0) is 13.7. The second-order valence-corrected chi connectivity index (χ2v) is 6.95. The monoisotopic (exact) mass is 286 g/mol. The predicted molar refractivity (Wildman–Crippen MR) is 74.3 cm³/mol. The summed E-state index contributed by atoms with van der Waals surface area (Å²) < 4.78 is 28.2. The number of nitrogens with zero attached hydrogens (tertiary/aromatic N) is 2. The molecule has 1 aromatic rings. The topological polar surface area (TPSA) is 76.0 Å². The van der Waals surface area contributed by atoms with Crippen molar-refractivity contribution in [3.05, 3.63) is 18.0 Å². The summed E-state index contributed by atoms with van der Waals surface area (Å²) in [5, 5.41) is 7.31. The molecule has 1 aliphatic heterocycles. The van der Waals surface area contributed by atoms with Gasteiger partial charge < -0.3 is 5.32 Å². The number of hydrogen-bond donors (Lipinski definition) is 2. The van der Waals surface area contributed by atoms with Crippen molar-refractivity contribution in [2.45, 2.75) is 31.7 Å². The van der Waals surface area contributed by atoms with Crippen molar-refractivity contribution in [3.8, 4) is 0 Å². The Morgan fingerprint density at radius 1 is 1.53 bits per heavy atom. The number of nitrogens with one attached hydrogen (secondary N) is 2. The number of hydrogen-bond acceptors (Lipinski definition) is 4. The van der Waals surface area contributed by atoms with Gasteiger partial charge in [-0.15, -0.1) is 0 Å². The van der Waals surface area contributed by atoms with Crippen molar-refractivity contribution in [1.82, 2.24) is 19.8 Å². The summed E-state index contributed by atoms with van der Waals surface area (Å²) in [7, 11) is -1.33. The fourth-order valence-corrected chi connectivity index (χ4v) is 3.69. The van der Waals surface area contributed by atoms with Gasteiger partial charge in [0.1, 0.15) is 0 Å². The van der Waals surface area contributed by atoms with Crippen LogP contribution in [-0.2, 0) is 23.5 Å². The van der Waals surface area contributed by atoms with E-state index in [1.165, 1.54) is 0 Å². The molecule has 0 bridgehead atoms. The van der Waals surface area contributed by atoms with Gasteiger partial charge in [-0.2, -0.15) is 5.10 Å². The molecular formula is C12H22N4O2S. The Bertz CT molecular complexity index is 492. The predicted octanol–water partition coefficient (Wildman–Crippen LogP) is 0.0241. The van der Waals surface area contributed by atoms with E-state index in [4.69, 9.17) is 0 Å². The van der Waals surface area contributed by atoms with Crippen LogP contribution >= 0.6 is 0 Å². The van der Waals surface area contributed by atoms with Crippen LogP contribution in [0.5, 0.6) is 0 Å². The third-order valence-electron chi connectivity index (χ3n) is 3.33. The first-order chi connectivity index (χ1) is 9.05. The molecule has 1 fully saturated rings. The molecule has 1 aliphatic rings. The number of aryl methyl sites for hydroxylation is 1. The molecule has 1 atom stereocenters. The zero-order valence-electron chi connectivity index (χ0n) is 11.3. The third kappa shape index (κ3) is 4.93. The lowest BCUT2D eigenvalue weighted by atomic mass is 10.1. The molecule has 2 N–H and O–H groups in total. The first-order valence-electron chi connectivity index (χ1n) is 6.73. The molecule has 6 nitrogen and oxygen atoms in total. The molecule has 1 unspecified atom stereocenters. The fourth-order valence-electron chi connectivity index (χ4n) is 2.34. The van der Waals surface area contributed by atoms with Crippen LogP contribution in [0.1, 0.15) is 24.8 Å². The molecule has 2 rings (SSSR count). The second kappa shape index (κ2) is 6.49. The highest BCUT2D eigenvalue weighted by Gasteiger charge is 2.20. The molecule has 1 saturated heterocycles. The van der Waals surface area contributed by atoms with Crippen LogP contribution in [0.2, 0.25) is 0 Å². The molecule has 1 aromatic heterocycles. The minimum Gasteiger partial charge on any atom is -0.313 e. The van der Waals surface area contributed by atoms with E-state index in [9.17, 15) is 8.42 Å². The molecule has 0 spiro atoms. The van der Waals surface area contributed by atoms with Crippen LogP contribution in [0.4, 0.5) is 0 Å². The van der Waals surface area contributed by atoms with E-state index in [0.29, 0.717) is 13.0 Å². The van der Waals surface area contributed by atoms with E-state index in [2.05, 4.69) is 15.1 Å². The molecule has 108 valence electrons. The maximum absolute atomic E-state index is 11.9. The first-order valence-corrected chi connectivity index (χ1v) is 8.39. The fraction of sp³-hybridized carbons (Fsp3) is 0.750. The van der Waals surface area contributed by atoms with Crippen LogP contribution in [0, 0.1) is 0 Å². The highest BCUT2D eigenvalue weighted by molar-refractivity contribution is 7.89. The van der Waals surface area contributed by atoms with Crippen LogP contribution in [0.3, 0.4) is 0 Å². The van der Waals surface area contributed by atoms with Crippen molar-refractivity contribution in [1.29, 1.82) is 0 Å². The van der Waals surface area contributed by atoms with Crippen LogP contribution < -0.4 is 10.0 Å². The maximum atomic E-state index is 11.9. The van der Waals surface area contributed by atoms with Crippen molar-refractivity contribution in [2.24, 2.45) is 7.05 Å². The lowest BCUT2D eigenvalue weighted by molar-refractivity contribution is 0.422. The van der Waals surface area contributed by atoms with E-state index in [0.717, 1.165) is 31.4 Å². The highest BCUT2D eigenvalue weighted by Crippen LogP contribution is 2.08. The summed E-state index contributed by atoms with van der Waals surface area (Å²) in [4.78, 5) is 0. The number of aromatic nitrogens is 2. The highest BCUT2D eigenvalue weighted by atomic mass is 32.2. The molecule has 0 aliphatic carbocycles. The number of rotatable bonds is 6. The van der Waals surface area contributed by atoms with E-state index >= 15 is 0 Å². The average molecular weight is 286 g/mol. The van der Waals surface area contributed by atoms with Crippen LogP contribution in [0.25, 0.3) is 0 Å². The summed E-state index contributed by atoms with van der Waals surface area (Å²) in [6.45, 7) is 1.36. The van der Waals surface area contributed by atoms with Gasteiger partial charge in [0.05, 0.1) is 11.9 Å². The molecule has 0 aromatic carbocycles. The number of sulfonamides is 1. The van der Waals surface area contributed by atoms with Crippen molar-refractivity contribution in [2.75, 3.05) is 18.8 Å². The van der Waals surface area contributed by atoms with E-state index in [1.807, 2.05) is 13.2 Å². The molecule has 7 heteroatoms. The quantitative estimate of drug-likeness (QED) is 0.773. The van der Waals surface area contributed by atoms with Gasteiger partial charge in [0.2, 0.25) is 10.0 Å². The summed E-state index contributed by atoms with van der Waals surface area (Å²) >= 11 is 0. The Hall–Kier alpha value is -0.920. The summed E-state index contributed by atoms with van der Waals surface area (Å²) in [5.74, 6) is 0.181. The largest absolute Gasteiger partial charge is 0.313 e. The summed E-state index contributed by atoms with van der Waals surface area (Å²) in [6.07, 6.45) is 7.54. The van der Waals surface area contributed by atoms with Crippen LogP contribution in [0.15, 0.2) is 12.4 Å². The molecule has 0 saturated carbocycles. The zero-order valence-corrected chi connectivity index (χ0v) is 12.1. The Labute approximate surface area is 114 Å². The molecular weight excluding hydrogens is 264 g/mol.